The van der Waals surface area contributed by atoms with Crippen molar-refractivity contribution in [1.29, 1.82) is 0 Å². The molecule has 1 aromatic carbocycles. The minimum Gasteiger partial charge on any atom is -0.436 e. The lowest BCUT2D eigenvalue weighted by atomic mass is 10.3. The molecule has 86 valence electrons. The highest BCUT2D eigenvalue weighted by atomic mass is 35.5. The molecule has 0 unspecified atom stereocenters. The Morgan fingerprint density at radius 3 is 2.31 bits per heavy atom. The molecule has 7 heteroatoms. The van der Waals surface area contributed by atoms with Gasteiger partial charge in [-0.1, -0.05) is 23.7 Å². The lowest BCUT2D eigenvalue weighted by molar-refractivity contribution is 0.158. The van der Waals surface area contributed by atoms with Gasteiger partial charge in [-0.15, -0.1) is 0 Å². The molecule has 0 aromatic heterocycles. The Labute approximate surface area is 96.8 Å². The average molecular weight is 263 g/mol. The Morgan fingerprint density at radius 1 is 1.38 bits per heavy atom. The maximum atomic E-state index is 11.9. The van der Waals surface area contributed by atoms with Crippen molar-refractivity contribution in [2.45, 2.75) is 12.5 Å². The molecule has 0 bridgehead atoms. The molecular formula is C9H8ClO5P. The Bertz CT molecular complexity index is 444. The van der Waals surface area contributed by atoms with Gasteiger partial charge in [0.1, 0.15) is 0 Å². The molecule has 0 radical (unpaired) electrons. The van der Waals surface area contributed by atoms with E-state index in [1.165, 1.54) is 6.92 Å². The van der Waals surface area contributed by atoms with Crippen molar-refractivity contribution < 1.29 is 23.1 Å². The number of para-hydroxylation sites is 2. The lowest BCUT2D eigenvalue weighted by Gasteiger charge is -2.10. The number of halogens is 1. The number of fused-ring (bicyclic) bond motifs is 1. The first-order valence-electron chi connectivity index (χ1n) is 4.45. The zero-order valence-corrected chi connectivity index (χ0v) is 9.90. The molecule has 1 aliphatic heterocycles. The zero-order valence-electron chi connectivity index (χ0n) is 8.25. The first kappa shape index (κ1) is 11.3. The number of benzene rings is 1. The van der Waals surface area contributed by atoms with E-state index in [1.807, 2.05) is 0 Å². The highest BCUT2D eigenvalue weighted by Crippen LogP contribution is 2.59. The Balaban J connectivity index is 2.21. The van der Waals surface area contributed by atoms with Gasteiger partial charge in [-0.3, -0.25) is 0 Å². The maximum absolute atomic E-state index is 11.9. The first-order chi connectivity index (χ1) is 7.51. The molecule has 5 nitrogen and oxygen atoms in total. The third-order valence-corrected chi connectivity index (χ3v) is 3.29. The Morgan fingerprint density at radius 2 is 1.88 bits per heavy atom. The molecule has 0 spiro atoms. The summed E-state index contributed by atoms with van der Waals surface area (Å²) >= 11 is 5.45. The molecule has 2 rings (SSSR count). The van der Waals surface area contributed by atoms with Crippen molar-refractivity contribution in [1.82, 2.24) is 0 Å². The summed E-state index contributed by atoms with van der Waals surface area (Å²) in [6.45, 7) is 1.43. The fourth-order valence-electron chi connectivity index (χ4n) is 1.16. The molecule has 16 heavy (non-hydrogen) atoms. The van der Waals surface area contributed by atoms with Gasteiger partial charge in [0.15, 0.2) is 17.1 Å². The smallest absolute Gasteiger partial charge is 0.436 e. The van der Waals surface area contributed by atoms with E-state index in [0.29, 0.717) is 0 Å². The Hall–Kier alpha value is -1.19. The van der Waals surface area contributed by atoms with E-state index in [0.717, 1.165) is 0 Å². The average Bonchev–Trinajstić information content (AvgIpc) is 2.54. The van der Waals surface area contributed by atoms with Crippen LogP contribution in [0.25, 0.3) is 0 Å². The van der Waals surface area contributed by atoms with Gasteiger partial charge in [0.05, 0.1) is 0 Å². The largest absolute Gasteiger partial charge is 0.540 e. The van der Waals surface area contributed by atoms with Gasteiger partial charge >= 0.3 is 13.3 Å². The lowest BCUT2D eigenvalue weighted by Crippen LogP contribution is -2.12. The monoisotopic (exact) mass is 262 g/mol. The van der Waals surface area contributed by atoms with E-state index in [2.05, 4.69) is 4.74 Å². The quantitative estimate of drug-likeness (QED) is 0.604. The molecular weight excluding hydrogens is 255 g/mol. The summed E-state index contributed by atoms with van der Waals surface area (Å²) < 4.78 is 26.4. The van der Waals surface area contributed by atoms with Crippen LogP contribution in [0.3, 0.4) is 0 Å². The number of carbonyl (C=O) groups excluding carboxylic acids is 1. The van der Waals surface area contributed by atoms with E-state index in [1.54, 1.807) is 24.3 Å². The molecule has 1 heterocycles. The molecule has 1 aliphatic rings. The van der Waals surface area contributed by atoms with E-state index >= 15 is 0 Å². The Kier molecular flexibility index (Phi) is 2.82. The molecule has 0 N–H and O–H groups in total. The number of ether oxygens (including phenoxy) is 1. The van der Waals surface area contributed by atoms with Crippen molar-refractivity contribution in [2.75, 3.05) is 0 Å². The number of hydrogen-bond donors (Lipinski definition) is 0. The van der Waals surface area contributed by atoms with Crippen molar-refractivity contribution in [3.63, 3.8) is 0 Å². The molecule has 0 amide bonds. The van der Waals surface area contributed by atoms with Crippen LogP contribution in [0.5, 0.6) is 11.5 Å². The van der Waals surface area contributed by atoms with Crippen LogP contribution >= 0.6 is 19.2 Å². The number of rotatable bonds is 2. The van der Waals surface area contributed by atoms with Gasteiger partial charge in [0.25, 0.3) is 0 Å². The molecule has 0 fully saturated rings. The molecule has 0 saturated heterocycles. The topological polar surface area (TPSA) is 61.8 Å². The van der Waals surface area contributed by atoms with Gasteiger partial charge < -0.3 is 13.8 Å². The summed E-state index contributed by atoms with van der Waals surface area (Å²) in [5, 5.41) is 0. The standard InChI is InChI=1S/C9H8ClO5P/c1-6(10)13-9(11)16(12)14-7-4-2-3-5-8(7)15-16/h2-6H,1H3/t6-/m1/s1. The van der Waals surface area contributed by atoms with E-state index in [9.17, 15) is 9.36 Å². The second-order valence-electron chi connectivity index (χ2n) is 3.05. The van der Waals surface area contributed by atoms with Crippen LogP contribution in [0.15, 0.2) is 24.3 Å². The van der Waals surface area contributed by atoms with E-state index in [4.69, 9.17) is 20.6 Å². The highest BCUT2D eigenvalue weighted by Gasteiger charge is 2.46. The third-order valence-electron chi connectivity index (χ3n) is 1.77. The van der Waals surface area contributed by atoms with Crippen LogP contribution in [-0.4, -0.2) is 11.3 Å². The minimum atomic E-state index is -3.94. The summed E-state index contributed by atoms with van der Waals surface area (Å²) in [5.41, 5.74) is -1.99. The normalized spacial score (nSPS) is 17.9. The maximum Gasteiger partial charge on any atom is 0.540 e. The van der Waals surface area contributed by atoms with Gasteiger partial charge in [-0.05, 0) is 19.1 Å². The SMILES string of the molecule is C[C@H](Cl)OC(=O)P1(=O)Oc2ccccc2O1. The summed E-state index contributed by atoms with van der Waals surface area (Å²) in [6.07, 6.45) is 0. The second-order valence-corrected chi connectivity index (χ2v) is 5.39. The van der Waals surface area contributed by atoms with Gasteiger partial charge in [-0.25, -0.2) is 9.36 Å². The van der Waals surface area contributed by atoms with Crippen LogP contribution < -0.4 is 9.05 Å². The number of hydrogen-bond acceptors (Lipinski definition) is 5. The second kappa shape index (κ2) is 4.00. The zero-order chi connectivity index (χ0) is 11.8. The highest BCUT2D eigenvalue weighted by molar-refractivity contribution is 7.72. The molecule has 0 aliphatic carbocycles. The molecule has 1 atom stereocenters. The summed E-state index contributed by atoms with van der Waals surface area (Å²) in [6, 6.07) is 6.44. The van der Waals surface area contributed by atoms with E-state index in [-0.39, 0.29) is 11.5 Å². The van der Waals surface area contributed by atoms with Crippen molar-refractivity contribution in [3.8, 4) is 11.5 Å². The summed E-state index contributed by atoms with van der Waals surface area (Å²) in [4.78, 5) is 11.4. The molecule has 1 aromatic rings. The van der Waals surface area contributed by atoms with Crippen LogP contribution in [-0.2, 0) is 9.30 Å². The first-order valence-corrected chi connectivity index (χ1v) is 6.43. The fraction of sp³-hybridized carbons (Fsp3) is 0.222. The van der Waals surface area contributed by atoms with Crippen molar-refractivity contribution >= 4 is 24.9 Å². The van der Waals surface area contributed by atoms with Gasteiger partial charge in [0.2, 0.25) is 0 Å². The fourth-order valence-corrected chi connectivity index (χ4v) is 2.59. The van der Waals surface area contributed by atoms with Crippen LogP contribution in [0, 0.1) is 0 Å². The van der Waals surface area contributed by atoms with Crippen LogP contribution in [0.4, 0.5) is 4.79 Å². The summed E-state index contributed by atoms with van der Waals surface area (Å²) in [7, 11) is -3.94. The summed E-state index contributed by atoms with van der Waals surface area (Å²) in [5.74, 6) is 0.509. The molecule has 0 saturated carbocycles. The van der Waals surface area contributed by atoms with Crippen molar-refractivity contribution in [3.05, 3.63) is 24.3 Å². The van der Waals surface area contributed by atoms with Crippen LogP contribution in [0.1, 0.15) is 6.92 Å². The van der Waals surface area contributed by atoms with Crippen molar-refractivity contribution in [2.24, 2.45) is 0 Å². The van der Waals surface area contributed by atoms with E-state index < -0.39 is 18.9 Å². The van der Waals surface area contributed by atoms with Gasteiger partial charge in [0, 0.05) is 0 Å². The minimum absolute atomic E-state index is 0.255. The number of carbonyl (C=O) groups is 1. The van der Waals surface area contributed by atoms with Crippen LogP contribution in [0.2, 0.25) is 0 Å². The third kappa shape index (κ3) is 2.01. The number of alkyl halides is 1. The predicted molar refractivity (Wildman–Crippen MR) is 57.1 cm³/mol. The van der Waals surface area contributed by atoms with Gasteiger partial charge in [-0.2, -0.15) is 0 Å². The predicted octanol–water partition coefficient (Wildman–Crippen LogP) is 3.37.